The molecule has 2 amide bonds. The Morgan fingerprint density at radius 1 is 0.900 bits per heavy atom. The van der Waals surface area contributed by atoms with Gasteiger partial charge in [-0.15, -0.1) is 0 Å². The van der Waals surface area contributed by atoms with Crippen LogP contribution in [0.15, 0.2) is 72.8 Å². The van der Waals surface area contributed by atoms with Crippen LogP contribution in [0.1, 0.15) is 47.3 Å². The van der Waals surface area contributed by atoms with Crippen molar-refractivity contribution in [1.29, 1.82) is 0 Å². The zero-order chi connectivity index (χ0) is 27.9. The zero-order valence-corrected chi connectivity index (χ0v) is 23.2. The van der Waals surface area contributed by atoms with Gasteiger partial charge in [-0.05, 0) is 55.3 Å². The molecule has 1 saturated heterocycles. The van der Waals surface area contributed by atoms with E-state index in [-0.39, 0.29) is 11.8 Å². The number of carbonyl (C=O) groups is 2. The first-order chi connectivity index (χ1) is 19.6. The third-order valence-electron chi connectivity index (χ3n) is 7.46. The molecule has 40 heavy (non-hydrogen) atoms. The van der Waals surface area contributed by atoms with Crippen molar-refractivity contribution in [1.82, 2.24) is 9.80 Å². The highest BCUT2D eigenvalue weighted by molar-refractivity contribution is 6.04. The Hall–Kier alpha value is -3.88. The fourth-order valence-electron chi connectivity index (χ4n) is 5.56. The topological polar surface area (TPSA) is 80.3 Å². The van der Waals surface area contributed by atoms with Crippen LogP contribution >= 0.6 is 0 Å². The van der Waals surface area contributed by atoms with Crippen LogP contribution in [-0.2, 0) is 9.53 Å². The first kappa shape index (κ1) is 27.7. The summed E-state index contributed by atoms with van der Waals surface area (Å²) in [5.74, 6) is 0.468. The van der Waals surface area contributed by atoms with E-state index in [4.69, 9.17) is 14.2 Å². The maximum absolute atomic E-state index is 14.2. The van der Waals surface area contributed by atoms with E-state index in [0.29, 0.717) is 56.5 Å². The van der Waals surface area contributed by atoms with Crippen LogP contribution in [0.5, 0.6) is 11.5 Å². The molecule has 3 aromatic rings. The molecule has 1 N–H and O–H groups in total. The van der Waals surface area contributed by atoms with Crippen molar-refractivity contribution in [2.45, 2.75) is 25.8 Å². The average Bonchev–Trinajstić information content (AvgIpc) is 2.99. The number of nitrogens with one attached hydrogen (secondary N) is 1. The first-order valence-electron chi connectivity index (χ1n) is 14.1. The summed E-state index contributed by atoms with van der Waals surface area (Å²) in [7, 11) is 0. The Labute approximate surface area is 235 Å². The minimum absolute atomic E-state index is 0.0680. The van der Waals surface area contributed by atoms with Crippen molar-refractivity contribution in [2.24, 2.45) is 0 Å². The number of amides is 2. The number of morpholine rings is 1. The molecule has 8 nitrogen and oxygen atoms in total. The lowest BCUT2D eigenvalue weighted by molar-refractivity contribution is -0.119. The van der Waals surface area contributed by atoms with Crippen molar-refractivity contribution < 1.29 is 23.8 Å². The third-order valence-corrected chi connectivity index (χ3v) is 7.46. The van der Waals surface area contributed by atoms with E-state index in [9.17, 15) is 9.59 Å². The van der Waals surface area contributed by atoms with Gasteiger partial charge >= 0.3 is 0 Å². The van der Waals surface area contributed by atoms with Gasteiger partial charge in [0.15, 0.2) is 0 Å². The summed E-state index contributed by atoms with van der Waals surface area (Å²) in [6.45, 7) is 9.11. The molecule has 0 aliphatic carbocycles. The maximum Gasteiger partial charge on any atom is 0.254 e. The van der Waals surface area contributed by atoms with Crippen LogP contribution in [0.3, 0.4) is 0 Å². The molecule has 0 unspecified atom stereocenters. The Balaban J connectivity index is 1.55. The highest BCUT2D eigenvalue weighted by atomic mass is 16.5. The highest BCUT2D eigenvalue weighted by Crippen LogP contribution is 2.44. The number of hydrogen-bond acceptors (Lipinski definition) is 6. The van der Waals surface area contributed by atoms with E-state index in [1.165, 1.54) is 0 Å². The van der Waals surface area contributed by atoms with Gasteiger partial charge in [-0.2, -0.15) is 0 Å². The normalized spacial score (nSPS) is 19.1. The van der Waals surface area contributed by atoms with E-state index in [1.54, 1.807) is 0 Å². The molecule has 2 heterocycles. The molecular formula is C32H37N3O5. The number of fused-ring (bicyclic) bond motifs is 1. The van der Waals surface area contributed by atoms with E-state index in [1.807, 2.05) is 91.5 Å². The fraction of sp³-hybridized carbons (Fsp3) is 0.375. The van der Waals surface area contributed by atoms with Gasteiger partial charge in [-0.3, -0.25) is 14.5 Å². The van der Waals surface area contributed by atoms with Gasteiger partial charge in [-0.1, -0.05) is 42.5 Å². The predicted molar refractivity (Wildman–Crippen MR) is 154 cm³/mol. The Morgan fingerprint density at radius 3 is 2.35 bits per heavy atom. The predicted octanol–water partition coefficient (Wildman–Crippen LogP) is 4.74. The molecule has 0 aromatic heterocycles. The summed E-state index contributed by atoms with van der Waals surface area (Å²) in [6, 6.07) is 22.1. The van der Waals surface area contributed by atoms with Gasteiger partial charge in [0.05, 0.1) is 44.1 Å². The van der Waals surface area contributed by atoms with E-state index >= 15 is 0 Å². The SMILES string of the molecule is CCOc1ccc([C@@H]2[C@@H](C(=O)Nc3ccccc3OCC)c3ccccc3C(=O)N2CCN2CCOCC2)cc1. The summed E-state index contributed by atoms with van der Waals surface area (Å²) in [4.78, 5) is 32.4. The lowest BCUT2D eigenvalue weighted by Gasteiger charge is -2.43. The highest BCUT2D eigenvalue weighted by Gasteiger charge is 2.44. The van der Waals surface area contributed by atoms with Crippen molar-refractivity contribution in [3.05, 3.63) is 89.5 Å². The fourth-order valence-corrected chi connectivity index (χ4v) is 5.56. The summed E-state index contributed by atoms with van der Waals surface area (Å²) in [5, 5.41) is 3.12. The second-order valence-electron chi connectivity index (χ2n) is 9.88. The first-order valence-corrected chi connectivity index (χ1v) is 14.1. The van der Waals surface area contributed by atoms with Gasteiger partial charge in [0.25, 0.3) is 5.91 Å². The Bertz CT molecular complexity index is 1310. The van der Waals surface area contributed by atoms with Gasteiger partial charge in [0.2, 0.25) is 5.91 Å². The lowest BCUT2D eigenvalue weighted by Crippen LogP contribution is -2.49. The van der Waals surface area contributed by atoms with Crippen LogP contribution in [0.2, 0.25) is 0 Å². The molecule has 2 aliphatic heterocycles. The van der Waals surface area contributed by atoms with E-state index in [0.717, 1.165) is 30.0 Å². The van der Waals surface area contributed by atoms with Crippen LogP contribution in [-0.4, -0.2) is 74.2 Å². The number of benzene rings is 3. The van der Waals surface area contributed by atoms with Crippen LogP contribution < -0.4 is 14.8 Å². The second kappa shape index (κ2) is 13.0. The van der Waals surface area contributed by atoms with Gasteiger partial charge in [0, 0.05) is 31.7 Å². The minimum atomic E-state index is -0.633. The average molecular weight is 544 g/mol. The molecule has 0 spiro atoms. The molecule has 3 aromatic carbocycles. The van der Waals surface area contributed by atoms with Gasteiger partial charge in [0.1, 0.15) is 11.5 Å². The number of anilines is 1. The van der Waals surface area contributed by atoms with E-state index in [2.05, 4.69) is 10.2 Å². The molecule has 2 aliphatic rings. The molecule has 5 rings (SSSR count). The molecular weight excluding hydrogens is 506 g/mol. The molecule has 8 heteroatoms. The standard InChI is InChI=1S/C32H37N3O5/c1-3-39-24-15-13-23(14-16-24)30-29(31(36)33-27-11-7-8-12-28(27)40-4-2)25-9-5-6-10-26(25)32(37)35(30)18-17-34-19-21-38-22-20-34/h5-16,29-30H,3-4,17-22H2,1-2H3,(H,33,36)/t29-,30+/m0/s1. The van der Waals surface area contributed by atoms with Crippen molar-refractivity contribution in [3.8, 4) is 11.5 Å². The molecule has 210 valence electrons. The number of rotatable bonds is 10. The number of nitrogens with zero attached hydrogens (tertiary/aromatic N) is 2. The van der Waals surface area contributed by atoms with Gasteiger partial charge in [-0.25, -0.2) is 0 Å². The van der Waals surface area contributed by atoms with Crippen molar-refractivity contribution in [3.63, 3.8) is 0 Å². The van der Waals surface area contributed by atoms with Crippen molar-refractivity contribution in [2.75, 3.05) is 57.9 Å². The summed E-state index contributed by atoms with van der Waals surface area (Å²) in [6.07, 6.45) is 0. The maximum atomic E-state index is 14.2. The van der Waals surface area contributed by atoms with Crippen LogP contribution in [0, 0.1) is 0 Å². The number of ether oxygens (including phenoxy) is 3. The third kappa shape index (κ3) is 5.98. The number of carbonyl (C=O) groups excluding carboxylic acids is 2. The van der Waals surface area contributed by atoms with E-state index < -0.39 is 12.0 Å². The second-order valence-corrected chi connectivity index (χ2v) is 9.88. The molecule has 0 saturated carbocycles. The summed E-state index contributed by atoms with van der Waals surface area (Å²) < 4.78 is 17.0. The molecule has 0 radical (unpaired) electrons. The van der Waals surface area contributed by atoms with Gasteiger partial charge < -0.3 is 24.4 Å². The van der Waals surface area contributed by atoms with Crippen LogP contribution in [0.4, 0.5) is 5.69 Å². The summed E-state index contributed by atoms with van der Waals surface area (Å²) >= 11 is 0. The molecule has 1 fully saturated rings. The number of para-hydroxylation sites is 2. The summed E-state index contributed by atoms with van der Waals surface area (Å²) in [5.41, 5.74) is 2.77. The molecule has 0 bridgehead atoms. The largest absolute Gasteiger partial charge is 0.494 e. The number of hydrogen-bond donors (Lipinski definition) is 1. The van der Waals surface area contributed by atoms with Crippen LogP contribution in [0.25, 0.3) is 0 Å². The molecule has 2 atom stereocenters. The Kier molecular flexibility index (Phi) is 8.98. The van der Waals surface area contributed by atoms with Crippen molar-refractivity contribution >= 4 is 17.5 Å². The lowest BCUT2D eigenvalue weighted by atomic mass is 9.79. The minimum Gasteiger partial charge on any atom is -0.494 e. The Morgan fingerprint density at radius 2 is 1.60 bits per heavy atom. The smallest absolute Gasteiger partial charge is 0.254 e. The monoisotopic (exact) mass is 543 g/mol. The quantitative estimate of drug-likeness (QED) is 0.398. The zero-order valence-electron chi connectivity index (χ0n) is 23.2.